The third-order valence-electron chi connectivity index (χ3n) is 7.27. The molecule has 6 rings (SSSR count). The van der Waals surface area contributed by atoms with Crippen LogP contribution in [0, 0.1) is 5.92 Å². The topological polar surface area (TPSA) is 71.3 Å². The molecule has 4 aromatic rings. The van der Waals surface area contributed by atoms with E-state index in [2.05, 4.69) is 41.2 Å². The summed E-state index contributed by atoms with van der Waals surface area (Å²) in [4.78, 5) is 13.3. The molecular formula is C26H32N6OS. The van der Waals surface area contributed by atoms with E-state index in [-0.39, 0.29) is 0 Å². The van der Waals surface area contributed by atoms with Crippen molar-refractivity contribution in [2.24, 2.45) is 5.92 Å². The molecule has 1 saturated carbocycles. The first kappa shape index (κ1) is 21.8. The lowest BCUT2D eigenvalue weighted by molar-refractivity contribution is 0.205. The van der Waals surface area contributed by atoms with Crippen molar-refractivity contribution in [1.82, 2.24) is 29.5 Å². The summed E-state index contributed by atoms with van der Waals surface area (Å²) in [6.45, 7) is 8.19. The van der Waals surface area contributed by atoms with Gasteiger partial charge in [-0.2, -0.15) is 5.10 Å². The van der Waals surface area contributed by atoms with Gasteiger partial charge in [-0.25, -0.2) is 9.97 Å². The van der Waals surface area contributed by atoms with E-state index < -0.39 is 0 Å². The number of methoxy groups -OCH3 is 1. The Kier molecular flexibility index (Phi) is 5.65. The molecule has 178 valence electrons. The first-order chi connectivity index (χ1) is 16.6. The lowest BCUT2D eigenvalue weighted by Gasteiger charge is -2.31. The number of nitrogens with one attached hydrogen (secondary N) is 1. The van der Waals surface area contributed by atoms with Gasteiger partial charge in [-0.3, -0.25) is 5.10 Å². The molecule has 5 heterocycles. The number of rotatable bonds is 7. The van der Waals surface area contributed by atoms with Gasteiger partial charge in [-0.05, 0) is 62.6 Å². The number of thiazole rings is 1. The molecule has 0 spiro atoms. The molecule has 1 aliphatic heterocycles. The van der Waals surface area contributed by atoms with E-state index in [0.717, 1.165) is 39.3 Å². The number of nitrogens with zero attached hydrogens (tertiary/aromatic N) is 5. The van der Waals surface area contributed by atoms with E-state index >= 15 is 0 Å². The summed E-state index contributed by atoms with van der Waals surface area (Å²) >= 11 is 1.83. The van der Waals surface area contributed by atoms with Crippen molar-refractivity contribution in [1.29, 1.82) is 0 Å². The highest BCUT2D eigenvalue weighted by Gasteiger charge is 2.29. The van der Waals surface area contributed by atoms with Gasteiger partial charge in [0.2, 0.25) is 0 Å². The van der Waals surface area contributed by atoms with Crippen molar-refractivity contribution in [3.05, 3.63) is 41.3 Å². The summed E-state index contributed by atoms with van der Waals surface area (Å²) in [6, 6.07) is 2.02. The minimum atomic E-state index is 0.297. The second kappa shape index (κ2) is 8.82. The summed E-state index contributed by atoms with van der Waals surface area (Å²) in [7, 11) is 1.68. The summed E-state index contributed by atoms with van der Waals surface area (Å²) in [6.07, 6.45) is 13.2. The van der Waals surface area contributed by atoms with Crippen LogP contribution in [-0.4, -0.2) is 56.2 Å². The Bertz CT molecular complexity index is 1290. The molecule has 0 radical (unpaired) electrons. The molecule has 34 heavy (non-hydrogen) atoms. The van der Waals surface area contributed by atoms with Crippen molar-refractivity contribution in [2.45, 2.75) is 51.4 Å². The van der Waals surface area contributed by atoms with Gasteiger partial charge < -0.3 is 14.0 Å². The number of H-pyrrole nitrogens is 1. The second-order valence-corrected chi connectivity index (χ2v) is 11.1. The Morgan fingerprint density at radius 2 is 2.00 bits per heavy atom. The zero-order valence-electron chi connectivity index (χ0n) is 20.1. The molecule has 2 fully saturated rings. The van der Waals surface area contributed by atoms with Crippen molar-refractivity contribution in [3.8, 4) is 27.7 Å². The standard InChI is InChI=1S/C26H32N6OS/c1-16(2)22-23(19-12-20(33-3)25-27-8-11-32(25)15-19)29-30-24(22)26-28-13-21(34-26)18-6-9-31(10-7-18)14-17-4-5-17/h8,11-13,15-18H,4-7,9-10,14H2,1-3H3,(H,29,30). The number of fused-ring (bicyclic) bond motifs is 1. The van der Waals surface area contributed by atoms with Crippen molar-refractivity contribution < 1.29 is 4.74 Å². The molecule has 2 aliphatic rings. The smallest absolute Gasteiger partial charge is 0.179 e. The molecule has 0 unspecified atom stereocenters. The molecule has 1 N–H and O–H groups in total. The van der Waals surface area contributed by atoms with E-state index in [1.165, 1.54) is 55.8 Å². The number of likely N-dealkylation sites (tertiary alicyclic amines) is 1. The molecule has 8 heteroatoms. The van der Waals surface area contributed by atoms with Crippen LogP contribution in [0.25, 0.3) is 27.6 Å². The first-order valence-electron chi connectivity index (χ1n) is 12.4. The van der Waals surface area contributed by atoms with Gasteiger partial charge in [0.25, 0.3) is 0 Å². The number of pyridine rings is 1. The Labute approximate surface area is 204 Å². The number of piperidine rings is 1. The lowest BCUT2D eigenvalue weighted by atomic mass is 9.95. The number of ether oxygens (including phenoxy) is 1. The highest BCUT2D eigenvalue weighted by Crippen LogP contribution is 2.41. The minimum absolute atomic E-state index is 0.297. The normalized spacial score (nSPS) is 17.8. The monoisotopic (exact) mass is 476 g/mol. The summed E-state index contributed by atoms with van der Waals surface area (Å²) in [5.74, 6) is 2.64. The largest absolute Gasteiger partial charge is 0.493 e. The first-order valence-corrected chi connectivity index (χ1v) is 13.2. The van der Waals surface area contributed by atoms with Crippen LogP contribution in [0.1, 0.15) is 61.8 Å². The molecule has 1 saturated heterocycles. The van der Waals surface area contributed by atoms with Crippen LogP contribution in [0.4, 0.5) is 0 Å². The van der Waals surface area contributed by atoms with E-state index in [4.69, 9.17) is 14.8 Å². The van der Waals surface area contributed by atoms with E-state index in [1.807, 2.05) is 28.0 Å². The lowest BCUT2D eigenvalue weighted by Crippen LogP contribution is -2.34. The molecule has 4 aromatic heterocycles. The van der Waals surface area contributed by atoms with Crippen LogP contribution in [0.3, 0.4) is 0 Å². The average Bonchev–Trinajstić information content (AvgIpc) is 3.25. The fraction of sp³-hybridized carbons (Fsp3) is 0.500. The summed E-state index contributed by atoms with van der Waals surface area (Å²) < 4.78 is 7.60. The predicted octanol–water partition coefficient (Wildman–Crippen LogP) is 5.57. The number of aromatic nitrogens is 5. The minimum Gasteiger partial charge on any atom is -0.493 e. The fourth-order valence-corrected chi connectivity index (χ4v) is 6.33. The predicted molar refractivity (Wildman–Crippen MR) is 136 cm³/mol. The van der Waals surface area contributed by atoms with Crippen molar-refractivity contribution >= 4 is 17.0 Å². The Balaban J connectivity index is 1.28. The maximum Gasteiger partial charge on any atom is 0.179 e. The quantitative estimate of drug-likeness (QED) is 0.378. The number of imidazole rings is 1. The van der Waals surface area contributed by atoms with Crippen LogP contribution in [0.5, 0.6) is 5.75 Å². The van der Waals surface area contributed by atoms with Crippen molar-refractivity contribution in [3.63, 3.8) is 0 Å². The molecular weight excluding hydrogens is 444 g/mol. The Morgan fingerprint density at radius 3 is 2.74 bits per heavy atom. The maximum absolute atomic E-state index is 5.61. The average molecular weight is 477 g/mol. The number of hydrogen-bond acceptors (Lipinski definition) is 6. The molecule has 7 nitrogen and oxygen atoms in total. The van der Waals surface area contributed by atoms with Crippen LogP contribution in [0.15, 0.2) is 30.9 Å². The Morgan fingerprint density at radius 1 is 1.18 bits per heavy atom. The highest BCUT2D eigenvalue weighted by atomic mass is 32.1. The van der Waals surface area contributed by atoms with E-state index in [1.54, 1.807) is 13.3 Å². The van der Waals surface area contributed by atoms with Gasteiger partial charge >= 0.3 is 0 Å². The van der Waals surface area contributed by atoms with Gasteiger partial charge in [0, 0.05) is 47.3 Å². The summed E-state index contributed by atoms with van der Waals surface area (Å²) in [5, 5.41) is 9.12. The molecule has 0 amide bonds. The maximum atomic E-state index is 5.61. The second-order valence-electron chi connectivity index (χ2n) is 10.1. The van der Waals surface area contributed by atoms with Gasteiger partial charge in [-0.15, -0.1) is 11.3 Å². The number of aromatic amines is 1. The van der Waals surface area contributed by atoms with Gasteiger partial charge in [-0.1, -0.05) is 13.8 Å². The summed E-state index contributed by atoms with van der Waals surface area (Å²) in [5.41, 5.74) is 5.00. The Hall–Kier alpha value is -2.71. The number of hydrogen-bond donors (Lipinski definition) is 1. The third kappa shape index (κ3) is 4.03. The molecule has 0 atom stereocenters. The molecule has 0 aromatic carbocycles. The van der Waals surface area contributed by atoms with E-state index in [9.17, 15) is 0 Å². The SMILES string of the molecule is COc1cc(-c2n[nH]c(-c3ncc(C4CCN(CC5CC5)CC4)s3)c2C(C)C)cn2ccnc12. The van der Waals surface area contributed by atoms with E-state index in [0.29, 0.717) is 11.8 Å². The van der Waals surface area contributed by atoms with Crippen LogP contribution in [0.2, 0.25) is 0 Å². The van der Waals surface area contributed by atoms with Crippen molar-refractivity contribution in [2.75, 3.05) is 26.7 Å². The van der Waals surface area contributed by atoms with Crippen LogP contribution < -0.4 is 4.74 Å². The van der Waals surface area contributed by atoms with Crippen LogP contribution >= 0.6 is 11.3 Å². The van der Waals surface area contributed by atoms with Gasteiger partial charge in [0.05, 0.1) is 18.5 Å². The zero-order chi connectivity index (χ0) is 23.2. The van der Waals surface area contributed by atoms with Gasteiger partial charge in [0.15, 0.2) is 11.4 Å². The van der Waals surface area contributed by atoms with Crippen LogP contribution in [-0.2, 0) is 0 Å². The molecule has 0 bridgehead atoms. The highest BCUT2D eigenvalue weighted by molar-refractivity contribution is 7.15. The third-order valence-corrected chi connectivity index (χ3v) is 8.45. The molecule has 1 aliphatic carbocycles. The van der Waals surface area contributed by atoms with Gasteiger partial charge in [0.1, 0.15) is 5.01 Å². The fourth-order valence-electron chi connectivity index (χ4n) is 5.23. The zero-order valence-corrected chi connectivity index (χ0v) is 20.9.